The Morgan fingerprint density at radius 1 is 1.25 bits per heavy atom. The van der Waals surface area contributed by atoms with Crippen LogP contribution in [0.2, 0.25) is 0 Å². The van der Waals surface area contributed by atoms with Crippen LogP contribution in [0.15, 0.2) is 11.2 Å². The molecule has 1 amide bonds. The van der Waals surface area contributed by atoms with Gasteiger partial charge in [0.1, 0.15) is 5.01 Å². The highest BCUT2D eigenvalue weighted by Crippen LogP contribution is 2.17. The second kappa shape index (κ2) is 6.76. The van der Waals surface area contributed by atoms with Gasteiger partial charge in [0.15, 0.2) is 5.16 Å². The summed E-state index contributed by atoms with van der Waals surface area (Å²) in [6.45, 7) is 5.72. The number of carbonyl (C=O) groups is 1. The summed E-state index contributed by atoms with van der Waals surface area (Å²) in [5.74, 6) is 0.560. The number of hydrogen-bond acceptors (Lipinski definition) is 7. The molecule has 2 aromatic heterocycles. The lowest BCUT2D eigenvalue weighted by Gasteiger charge is -2.03. The van der Waals surface area contributed by atoms with Gasteiger partial charge < -0.3 is 5.32 Å². The highest BCUT2D eigenvalue weighted by Gasteiger charge is 2.07. The van der Waals surface area contributed by atoms with Crippen LogP contribution in [0.25, 0.3) is 0 Å². The van der Waals surface area contributed by atoms with E-state index >= 15 is 0 Å². The molecule has 2 heterocycles. The maximum Gasteiger partial charge on any atom is 0.227 e. The van der Waals surface area contributed by atoms with Gasteiger partial charge in [-0.1, -0.05) is 23.1 Å². The molecule has 0 spiro atoms. The summed E-state index contributed by atoms with van der Waals surface area (Å²) in [7, 11) is 0. The lowest BCUT2D eigenvalue weighted by atomic mass is 10.4. The molecule has 0 bridgehead atoms. The Morgan fingerprint density at radius 2 is 1.95 bits per heavy atom. The molecular weight excluding hydrogens is 294 g/mol. The molecule has 0 aromatic carbocycles. The third-order valence-electron chi connectivity index (χ3n) is 2.29. The van der Waals surface area contributed by atoms with Crippen molar-refractivity contribution in [2.45, 2.75) is 32.3 Å². The topological polar surface area (TPSA) is 80.7 Å². The van der Waals surface area contributed by atoms with E-state index in [9.17, 15) is 4.79 Å². The zero-order chi connectivity index (χ0) is 14.5. The highest BCUT2D eigenvalue weighted by molar-refractivity contribution is 7.99. The predicted octanol–water partition coefficient (Wildman–Crippen LogP) is 2.37. The molecule has 0 aliphatic rings. The average molecular weight is 309 g/mol. The fraction of sp³-hybridized carbons (Fsp3) is 0.417. The van der Waals surface area contributed by atoms with Crippen molar-refractivity contribution in [3.05, 3.63) is 22.5 Å². The summed E-state index contributed by atoms with van der Waals surface area (Å²) in [5, 5.41) is 12.5. The van der Waals surface area contributed by atoms with E-state index in [0.717, 1.165) is 16.4 Å². The molecule has 106 valence electrons. The fourth-order valence-corrected chi connectivity index (χ4v) is 3.02. The summed E-state index contributed by atoms with van der Waals surface area (Å²) < 4.78 is 0. The van der Waals surface area contributed by atoms with E-state index in [2.05, 4.69) is 25.5 Å². The minimum atomic E-state index is -0.0713. The standard InChI is InChI=1S/C12H15N5OS2/c1-7-6-8(2)14-11(13-7)19-5-4-10(18)15-12-17-16-9(3)20-12/h6H,4-5H2,1-3H3,(H,15,17,18). The van der Waals surface area contributed by atoms with E-state index in [0.29, 0.717) is 22.5 Å². The van der Waals surface area contributed by atoms with Crippen molar-refractivity contribution in [1.29, 1.82) is 0 Å². The number of thioether (sulfide) groups is 1. The first-order valence-corrected chi connectivity index (χ1v) is 7.88. The number of anilines is 1. The first kappa shape index (κ1) is 14.9. The van der Waals surface area contributed by atoms with Crippen LogP contribution in [0.4, 0.5) is 5.13 Å². The molecule has 2 rings (SSSR count). The second-order valence-electron chi connectivity index (χ2n) is 4.21. The number of nitrogens with one attached hydrogen (secondary N) is 1. The van der Waals surface area contributed by atoms with Crippen LogP contribution >= 0.6 is 23.1 Å². The molecule has 8 heteroatoms. The van der Waals surface area contributed by atoms with Crippen LogP contribution in [0, 0.1) is 20.8 Å². The molecule has 0 saturated heterocycles. The number of carbonyl (C=O) groups excluding carboxylic acids is 1. The zero-order valence-corrected chi connectivity index (χ0v) is 13.1. The van der Waals surface area contributed by atoms with Crippen molar-refractivity contribution in [2.24, 2.45) is 0 Å². The van der Waals surface area contributed by atoms with Gasteiger partial charge in [-0.25, -0.2) is 9.97 Å². The first-order chi connectivity index (χ1) is 9.52. The number of amides is 1. The Morgan fingerprint density at radius 3 is 2.55 bits per heavy atom. The van der Waals surface area contributed by atoms with Crippen molar-refractivity contribution in [2.75, 3.05) is 11.1 Å². The van der Waals surface area contributed by atoms with Gasteiger partial charge in [-0.3, -0.25) is 4.79 Å². The second-order valence-corrected chi connectivity index (χ2v) is 6.45. The van der Waals surface area contributed by atoms with E-state index in [4.69, 9.17) is 0 Å². The van der Waals surface area contributed by atoms with E-state index in [1.165, 1.54) is 23.1 Å². The van der Waals surface area contributed by atoms with Gasteiger partial charge in [0.05, 0.1) is 0 Å². The molecule has 0 saturated carbocycles. The van der Waals surface area contributed by atoms with Crippen LogP contribution in [-0.4, -0.2) is 31.8 Å². The third kappa shape index (κ3) is 4.53. The van der Waals surface area contributed by atoms with Crippen LogP contribution in [0.1, 0.15) is 22.8 Å². The molecule has 0 aliphatic carbocycles. The van der Waals surface area contributed by atoms with E-state index in [-0.39, 0.29) is 5.91 Å². The quantitative estimate of drug-likeness (QED) is 0.674. The van der Waals surface area contributed by atoms with Gasteiger partial charge >= 0.3 is 0 Å². The van der Waals surface area contributed by atoms with Gasteiger partial charge in [-0.15, -0.1) is 10.2 Å². The van der Waals surface area contributed by atoms with Crippen molar-refractivity contribution < 1.29 is 4.79 Å². The molecular formula is C12H15N5OS2. The summed E-state index contributed by atoms with van der Waals surface area (Å²) >= 11 is 2.84. The lowest BCUT2D eigenvalue weighted by molar-refractivity contribution is -0.115. The van der Waals surface area contributed by atoms with Crippen molar-refractivity contribution in [1.82, 2.24) is 20.2 Å². The van der Waals surface area contributed by atoms with Crippen LogP contribution in [0.3, 0.4) is 0 Å². The summed E-state index contributed by atoms with van der Waals surface area (Å²) in [6.07, 6.45) is 0.389. The minimum absolute atomic E-state index is 0.0713. The molecule has 20 heavy (non-hydrogen) atoms. The number of nitrogens with zero attached hydrogens (tertiary/aromatic N) is 4. The van der Waals surface area contributed by atoms with Gasteiger partial charge in [0.2, 0.25) is 11.0 Å². The molecule has 0 atom stereocenters. The van der Waals surface area contributed by atoms with Crippen molar-refractivity contribution in [3.63, 3.8) is 0 Å². The molecule has 6 nitrogen and oxygen atoms in total. The summed E-state index contributed by atoms with van der Waals surface area (Å²) in [4.78, 5) is 20.4. The molecule has 1 N–H and O–H groups in total. The van der Waals surface area contributed by atoms with Crippen molar-refractivity contribution in [3.8, 4) is 0 Å². The van der Waals surface area contributed by atoms with Crippen LogP contribution in [0.5, 0.6) is 0 Å². The van der Waals surface area contributed by atoms with Gasteiger partial charge in [0, 0.05) is 23.6 Å². The highest BCUT2D eigenvalue weighted by atomic mass is 32.2. The maximum absolute atomic E-state index is 11.7. The van der Waals surface area contributed by atoms with E-state index in [1.807, 2.05) is 26.8 Å². The summed E-state index contributed by atoms with van der Waals surface area (Å²) in [5.41, 5.74) is 1.88. The monoisotopic (exact) mass is 309 g/mol. The fourth-order valence-electron chi connectivity index (χ4n) is 1.52. The minimum Gasteiger partial charge on any atom is -0.301 e. The Hall–Kier alpha value is -1.54. The molecule has 0 radical (unpaired) electrons. The van der Waals surface area contributed by atoms with E-state index < -0.39 is 0 Å². The number of aromatic nitrogens is 4. The van der Waals surface area contributed by atoms with Crippen LogP contribution in [-0.2, 0) is 4.79 Å². The largest absolute Gasteiger partial charge is 0.301 e. The number of hydrogen-bond donors (Lipinski definition) is 1. The van der Waals surface area contributed by atoms with Crippen molar-refractivity contribution >= 4 is 34.1 Å². The molecule has 2 aromatic rings. The van der Waals surface area contributed by atoms with Crippen LogP contribution < -0.4 is 5.32 Å². The SMILES string of the molecule is Cc1cc(C)nc(SCCC(=O)Nc2nnc(C)s2)n1. The molecule has 0 fully saturated rings. The summed E-state index contributed by atoms with van der Waals surface area (Å²) in [6, 6.07) is 1.93. The zero-order valence-electron chi connectivity index (χ0n) is 11.5. The first-order valence-electron chi connectivity index (χ1n) is 6.08. The molecule has 0 aliphatic heterocycles. The lowest BCUT2D eigenvalue weighted by Crippen LogP contribution is -2.12. The van der Waals surface area contributed by atoms with Gasteiger partial charge in [-0.2, -0.15) is 0 Å². The smallest absolute Gasteiger partial charge is 0.227 e. The van der Waals surface area contributed by atoms with Gasteiger partial charge in [-0.05, 0) is 26.8 Å². The third-order valence-corrected chi connectivity index (χ3v) is 3.90. The predicted molar refractivity (Wildman–Crippen MR) is 80.1 cm³/mol. The number of aryl methyl sites for hydroxylation is 3. The molecule has 0 unspecified atom stereocenters. The Balaban J connectivity index is 1.79. The maximum atomic E-state index is 11.7. The Labute approximate surface area is 125 Å². The normalized spacial score (nSPS) is 10.6. The Bertz CT molecular complexity index is 593. The number of rotatable bonds is 5. The Kier molecular flexibility index (Phi) is 5.02. The van der Waals surface area contributed by atoms with E-state index in [1.54, 1.807) is 0 Å². The average Bonchev–Trinajstić information content (AvgIpc) is 2.73. The van der Waals surface area contributed by atoms with Gasteiger partial charge in [0.25, 0.3) is 0 Å².